The first-order valence-electron chi connectivity index (χ1n) is 7.17. The van der Waals surface area contributed by atoms with Crippen LogP contribution in [-0.2, 0) is 0 Å². The number of nitrogens with one attached hydrogen (secondary N) is 1. The second kappa shape index (κ2) is 6.40. The summed E-state index contributed by atoms with van der Waals surface area (Å²) in [6.45, 7) is 9.61. The van der Waals surface area contributed by atoms with Crippen molar-refractivity contribution in [1.82, 2.24) is 10.2 Å². The lowest BCUT2D eigenvalue weighted by Crippen LogP contribution is -2.37. The summed E-state index contributed by atoms with van der Waals surface area (Å²) in [5, 5.41) is 3.45. The molecule has 0 bridgehead atoms. The highest BCUT2D eigenvalue weighted by molar-refractivity contribution is 5.31. The third kappa shape index (κ3) is 4.22. The summed E-state index contributed by atoms with van der Waals surface area (Å²) >= 11 is 0. The monoisotopic (exact) mass is 262 g/mol. The Morgan fingerprint density at radius 1 is 1.37 bits per heavy atom. The predicted octanol–water partition coefficient (Wildman–Crippen LogP) is 2.31. The fourth-order valence-corrected chi connectivity index (χ4v) is 2.76. The summed E-state index contributed by atoms with van der Waals surface area (Å²) < 4.78 is 5.85. The number of para-hydroxylation sites is 1. The lowest BCUT2D eigenvalue weighted by Gasteiger charge is -2.29. The van der Waals surface area contributed by atoms with Gasteiger partial charge in [0.15, 0.2) is 0 Å². The molecule has 0 amide bonds. The fourth-order valence-electron chi connectivity index (χ4n) is 2.76. The molecule has 1 aliphatic heterocycles. The van der Waals surface area contributed by atoms with E-state index in [4.69, 9.17) is 4.74 Å². The SMILES string of the molecule is Cc1ccccc1OCCN(C)CC1(C)CCNC1. The highest BCUT2D eigenvalue weighted by Crippen LogP contribution is 2.25. The molecule has 2 rings (SSSR count). The van der Waals surface area contributed by atoms with Crippen LogP contribution in [0.25, 0.3) is 0 Å². The molecule has 19 heavy (non-hydrogen) atoms. The van der Waals surface area contributed by atoms with Crippen molar-refractivity contribution in [2.45, 2.75) is 20.3 Å². The molecule has 1 atom stereocenters. The number of hydrogen-bond donors (Lipinski definition) is 1. The highest BCUT2D eigenvalue weighted by atomic mass is 16.5. The molecule has 0 aliphatic carbocycles. The Morgan fingerprint density at radius 2 is 2.16 bits per heavy atom. The van der Waals surface area contributed by atoms with Crippen LogP contribution in [0.2, 0.25) is 0 Å². The number of nitrogens with zero attached hydrogens (tertiary/aromatic N) is 1. The summed E-state index contributed by atoms with van der Waals surface area (Å²) in [5.74, 6) is 1.00. The van der Waals surface area contributed by atoms with Gasteiger partial charge >= 0.3 is 0 Å². The molecule has 3 heteroatoms. The van der Waals surface area contributed by atoms with E-state index in [1.807, 2.05) is 18.2 Å². The van der Waals surface area contributed by atoms with E-state index in [1.54, 1.807) is 0 Å². The summed E-state index contributed by atoms with van der Waals surface area (Å²) in [4.78, 5) is 2.38. The van der Waals surface area contributed by atoms with E-state index in [1.165, 1.54) is 12.0 Å². The molecule has 0 saturated carbocycles. The number of benzene rings is 1. The molecule has 0 spiro atoms. The molecule has 1 saturated heterocycles. The molecule has 1 aromatic carbocycles. The standard InChI is InChI=1S/C16H26N2O/c1-14-6-4-5-7-15(14)19-11-10-18(3)13-16(2)8-9-17-12-16/h4-7,17H,8-13H2,1-3H3. The van der Waals surface area contributed by atoms with Crippen molar-refractivity contribution >= 4 is 0 Å². The molecule has 0 radical (unpaired) electrons. The van der Waals surface area contributed by atoms with Crippen molar-refractivity contribution in [3.63, 3.8) is 0 Å². The Balaban J connectivity index is 1.72. The Kier molecular flexibility index (Phi) is 4.83. The smallest absolute Gasteiger partial charge is 0.122 e. The number of rotatable bonds is 6. The molecule has 1 unspecified atom stereocenters. The molecule has 106 valence electrons. The van der Waals surface area contributed by atoms with Gasteiger partial charge in [0.2, 0.25) is 0 Å². The maximum absolute atomic E-state index is 5.85. The van der Waals surface area contributed by atoms with Crippen LogP contribution in [-0.4, -0.2) is 44.7 Å². The van der Waals surface area contributed by atoms with Crippen LogP contribution in [0.3, 0.4) is 0 Å². The van der Waals surface area contributed by atoms with Gasteiger partial charge in [0, 0.05) is 19.6 Å². The molecule has 3 nitrogen and oxygen atoms in total. The molecule has 1 N–H and O–H groups in total. The summed E-state index contributed by atoms with van der Waals surface area (Å²) in [6, 6.07) is 8.20. The van der Waals surface area contributed by atoms with E-state index in [0.717, 1.165) is 38.5 Å². The minimum atomic E-state index is 0.428. The largest absolute Gasteiger partial charge is 0.492 e. The zero-order valence-corrected chi connectivity index (χ0v) is 12.4. The van der Waals surface area contributed by atoms with Crippen molar-refractivity contribution in [2.24, 2.45) is 5.41 Å². The number of likely N-dealkylation sites (N-methyl/N-ethyl adjacent to an activating group) is 1. The minimum absolute atomic E-state index is 0.428. The van der Waals surface area contributed by atoms with Gasteiger partial charge in [-0.1, -0.05) is 25.1 Å². The fraction of sp³-hybridized carbons (Fsp3) is 0.625. The first-order chi connectivity index (χ1) is 9.09. The lowest BCUT2D eigenvalue weighted by molar-refractivity contribution is 0.177. The summed E-state index contributed by atoms with van der Waals surface area (Å²) in [7, 11) is 2.19. The van der Waals surface area contributed by atoms with Gasteiger partial charge in [-0.25, -0.2) is 0 Å². The first kappa shape index (κ1) is 14.4. The third-order valence-corrected chi connectivity index (χ3v) is 3.93. The lowest BCUT2D eigenvalue weighted by atomic mass is 9.89. The Bertz CT molecular complexity index is 399. The molecule has 0 aromatic heterocycles. The zero-order chi connectivity index (χ0) is 13.7. The molecular weight excluding hydrogens is 236 g/mol. The first-order valence-corrected chi connectivity index (χ1v) is 7.17. The van der Waals surface area contributed by atoms with E-state index >= 15 is 0 Å². The van der Waals surface area contributed by atoms with E-state index in [0.29, 0.717) is 5.41 Å². The van der Waals surface area contributed by atoms with Crippen molar-refractivity contribution in [2.75, 3.05) is 39.8 Å². The molecule has 1 fully saturated rings. The molecular formula is C16H26N2O. The molecule has 1 heterocycles. The second-order valence-corrected chi connectivity index (χ2v) is 6.09. The molecule has 1 aliphatic rings. The average Bonchev–Trinajstić information content (AvgIpc) is 2.78. The van der Waals surface area contributed by atoms with Gasteiger partial charge in [0.25, 0.3) is 0 Å². The van der Waals surface area contributed by atoms with Crippen molar-refractivity contribution in [3.8, 4) is 5.75 Å². The van der Waals surface area contributed by atoms with Gasteiger partial charge in [-0.3, -0.25) is 0 Å². The Labute approximate surface area is 116 Å². The molecule has 1 aromatic rings. The van der Waals surface area contributed by atoms with Crippen LogP contribution >= 0.6 is 0 Å². The predicted molar refractivity (Wildman–Crippen MR) is 79.8 cm³/mol. The topological polar surface area (TPSA) is 24.5 Å². The maximum atomic E-state index is 5.85. The maximum Gasteiger partial charge on any atom is 0.122 e. The Hall–Kier alpha value is -1.06. The number of ether oxygens (including phenoxy) is 1. The van der Waals surface area contributed by atoms with Gasteiger partial charge in [-0.2, -0.15) is 0 Å². The van der Waals surface area contributed by atoms with Gasteiger partial charge < -0.3 is 15.0 Å². The van der Waals surface area contributed by atoms with Crippen LogP contribution in [0.4, 0.5) is 0 Å². The summed E-state index contributed by atoms with van der Waals surface area (Å²) in [6.07, 6.45) is 1.27. The van der Waals surface area contributed by atoms with Crippen LogP contribution in [0.15, 0.2) is 24.3 Å². The second-order valence-electron chi connectivity index (χ2n) is 6.09. The van der Waals surface area contributed by atoms with Gasteiger partial charge in [-0.15, -0.1) is 0 Å². The van der Waals surface area contributed by atoms with E-state index < -0.39 is 0 Å². The summed E-state index contributed by atoms with van der Waals surface area (Å²) in [5.41, 5.74) is 1.63. The van der Waals surface area contributed by atoms with Crippen LogP contribution in [0.5, 0.6) is 5.75 Å². The van der Waals surface area contributed by atoms with Gasteiger partial charge in [0.1, 0.15) is 12.4 Å². The number of aryl methyl sites for hydroxylation is 1. The average molecular weight is 262 g/mol. The van der Waals surface area contributed by atoms with E-state index in [2.05, 4.69) is 37.2 Å². The zero-order valence-electron chi connectivity index (χ0n) is 12.4. The van der Waals surface area contributed by atoms with Crippen LogP contribution < -0.4 is 10.1 Å². The number of hydrogen-bond acceptors (Lipinski definition) is 3. The minimum Gasteiger partial charge on any atom is -0.492 e. The van der Waals surface area contributed by atoms with Gasteiger partial charge in [-0.05, 0) is 44.0 Å². The quantitative estimate of drug-likeness (QED) is 0.851. The van der Waals surface area contributed by atoms with E-state index in [-0.39, 0.29) is 0 Å². The van der Waals surface area contributed by atoms with Crippen molar-refractivity contribution in [1.29, 1.82) is 0 Å². The van der Waals surface area contributed by atoms with E-state index in [9.17, 15) is 0 Å². The highest BCUT2D eigenvalue weighted by Gasteiger charge is 2.29. The Morgan fingerprint density at radius 3 is 2.84 bits per heavy atom. The van der Waals surface area contributed by atoms with Crippen LogP contribution in [0.1, 0.15) is 18.9 Å². The third-order valence-electron chi connectivity index (χ3n) is 3.93. The van der Waals surface area contributed by atoms with Crippen LogP contribution in [0, 0.1) is 12.3 Å². The van der Waals surface area contributed by atoms with Crippen molar-refractivity contribution < 1.29 is 4.74 Å². The normalized spacial score (nSPS) is 22.9. The van der Waals surface area contributed by atoms with Crippen molar-refractivity contribution in [3.05, 3.63) is 29.8 Å². The van der Waals surface area contributed by atoms with Gasteiger partial charge in [0.05, 0.1) is 0 Å².